The van der Waals surface area contributed by atoms with Gasteiger partial charge in [0.25, 0.3) is 0 Å². The fourth-order valence-corrected chi connectivity index (χ4v) is 4.23. The number of aromatic nitrogens is 2. The third kappa shape index (κ3) is 2.92. The fraction of sp³-hybridized carbons (Fsp3) is 0.143. The molecule has 0 N–H and O–H groups in total. The normalized spacial score (nSPS) is 11.8. The predicted molar refractivity (Wildman–Crippen MR) is 88.8 cm³/mol. The summed E-state index contributed by atoms with van der Waals surface area (Å²) in [4.78, 5) is 15.1. The molecule has 24 heavy (non-hydrogen) atoms. The quantitative estimate of drug-likeness (QED) is 0.692. The zero-order valence-corrected chi connectivity index (χ0v) is 14.9. The molecular weight excluding hydrogens is 378 g/mol. The van der Waals surface area contributed by atoms with E-state index in [0.29, 0.717) is 16.9 Å². The van der Waals surface area contributed by atoms with Gasteiger partial charge in [-0.25, -0.2) is 26.7 Å². The van der Waals surface area contributed by atoms with Crippen LogP contribution in [0, 0.1) is 18.6 Å². The lowest BCUT2D eigenvalue weighted by atomic mass is 10.1. The van der Waals surface area contributed by atoms with Crippen LogP contribution in [0.5, 0.6) is 0 Å². The minimum absolute atomic E-state index is 0.117. The summed E-state index contributed by atoms with van der Waals surface area (Å²) in [5, 5.41) is 3.73. The number of sulfone groups is 1. The molecule has 5 nitrogen and oxygen atoms in total. The van der Waals surface area contributed by atoms with Gasteiger partial charge in [-0.05, 0) is 19.1 Å². The van der Waals surface area contributed by atoms with E-state index in [4.69, 9.17) is 0 Å². The van der Waals surface area contributed by atoms with Gasteiger partial charge >= 0.3 is 4.87 Å². The zero-order valence-electron chi connectivity index (χ0n) is 12.4. The van der Waals surface area contributed by atoms with Gasteiger partial charge in [-0.1, -0.05) is 11.3 Å². The molecule has 0 spiro atoms. The molecule has 0 bridgehead atoms. The van der Waals surface area contributed by atoms with Gasteiger partial charge in [-0.2, -0.15) is 0 Å². The lowest BCUT2D eigenvalue weighted by molar-refractivity contribution is 0.557. The van der Waals surface area contributed by atoms with Crippen molar-refractivity contribution in [2.45, 2.75) is 11.8 Å². The summed E-state index contributed by atoms with van der Waals surface area (Å²) in [6, 6.07) is 1.40. The lowest BCUT2D eigenvalue weighted by Gasteiger charge is -2.08. The highest BCUT2D eigenvalue weighted by molar-refractivity contribution is 7.90. The van der Waals surface area contributed by atoms with Crippen LogP contribution in [0.2, 0.25) is 0 Å². The third-order valence-corrected chi connectivity index (χ3v) is 5.83. The zero-order chi connectivity index (χ0) is 17.6. The lowest BCUT2D eigenvalue weighted by Crippen LogP contribution is -2.13. The van der Waals surface area contributed by atoms with Crippen LogP contribution in [0.4, 0.5) is 8.78 Å². The summed E-state index contributed by atoms with van der Waals surface area (Å²) in [5.74, 6) is -1.70. The second kappa shape index (κ2) is 5.87. The van der Waals surface area contributed by atoms with E-state index in [1.807, 2.05) is 0 Å². The standard InChI is InChI=1S/C14H10F2N2O3S3/c1-7-17-13(6-22-7)18-11(5-23-14(18)19)8-3-10(16)12(4-9(8)15)24(2,20)21/h3-6H,1-2H3. The SMILES string of the molecule is Cc1nc(-n2c(-c3cc(F)c(S(C)(=O)=O)cc3F)csc2=O)cs1. The molecule has 0 radical (unpaired) electrons. The molecule has 0 saturated carbocycles. The molecule has 3 aromatic rings. The Kier molecular flexibility index (Phi) is 4.14. The molecule has 0 saturated heterocycles. The molecule has 3 rings (SSSR count). The largest absolute Gasteiger partial charge is 0.313 e. The maximum Gasteiger partial charge on any atom is 0.313 e. The minimum Gasteiger partial charge on any atom is -0.256 e. The van der Waals surface area contributed by atoms with Gasteiger partial charge < -0.3 is 0 Å². The van der Waals surface area contributed by atoms with E-state index < -0.39 is 31.2 Å². The van der Waals surface area contributed by atoms with E-state index in [1.54, 1.807) is 12.3 Å². The average Bonchev–Trinajstić information content (AvgIpc) is 3.05. The molecule has 10 heteroatoms. The van der Waals surface area contributed by atoms with Crippen molar-refractivity contribution in [3.63, 3.8) is 0 Å². The fourth-order valence-electron chi connectivity index (χ4n) is 2.17. The number of nitrogens with zero attached hydrogens (tertiary/aromatic N) is 2. The molecule has 126 valence electrons. The Morgan fingerprint density at radius 2 is 1.83 bits per heavy atom. The summed E-state index contributed by atoms with van der Waals surface area (Å²) in [5.41, 5.74) is -0.0874. The highest BCUT2D eigenvalue weighted by atomic mass is 32.2. The van der Waals surface area contributed by atoms with Gasteiger partial charge in [-0.3, -0.25) is 4.79 Å². The van der Waals surface area contributed by atoms with Crippen LogP contribution < -0.4 is 4.87 Å². The van der Waals surface area contributed by atoms with Crippen LogP contribution in [0.3, 0.4) is 0 Å². The van der Waals surface area contributed by atoms with Gasteiger partial charge in [0.1, 0.15) is 16.5 Å². The Morgan fingerprint density at radius 1 is 1.12 bits per heavy atom. The molecule has 0 amide bonds. The third-order valence-electron chi connectivity index (χ3n) is 3.23. The number of halogens is 2. The molecule has 2 heterocycles. The van der Waals surface area contributed by atoms with Crippen molar-refractivity contribution in [3.05, 3.63) is 49.2 Å². The number of rotatable bonds is 3. The average molecular weight is 388 g/mol. The Hall–Kier alpha value is -1.91. The summed E-state index contributed by atoms with van der Waals surface area (Å²) in [6.07, 6.45) is 0.795. The van der Waals surface area contributed by atoms with Crippen LogP contribution in [-0.4, -0.2) is 24.2 Å². The first kappa shape index (κ1) is 16.9. The number of hydrogen-bond acceptors (Lipinski definition) is 6. The Morgan fingerprint density at radius 3 is 2.42 bits per heavy atom. The number of benzene rings is 1. The summed E-state index contributed by atoms with van der Waals surface area (Å²) in [7, 11) is -3.90. The first-order chi connectivity index (χ1) is 11.2. The maximum absolute atomic E-state index is 14.4. The van der Waals surface area contributed by atoms with Crippen LogP contribution >= 0.6 is 22.7 Å². The van der Waals surface area contributed by atoms with E-state index in [0.717, 1.165) is 23.7 Å². The van der Waals surface area contributed by atoms with Gasteiger partial charge in [0.15, 0.2) is 15.7 Å². The van der Waals surface area contributed by atoms with Crippen LogP contribution in [0.25, 0.3) is 17.1 Å². The Bertz CT molecular complexity index is 1100. The molecule has 0 aliphatic heterocycles. The Balaban J connectivity index is 2.25. The molecule has 0 unspecified atom stereocenters. The van der Waals surface area contributed by atoms with Gasteiger partial charge in [0, 0.05) is 22.6 Å². The van der Waals surface area contributed by atoms with Crippen molar-refractivity contribution in [2.24, 2.45) is 0 Å². The minimum atomic E-state index is -3.90. The van der Waals surface area contributed by atoms with Crippen molar-refractivity contribution in [1.82, 2.24) is 9.55 Å². The monoisotopic (exact) mass is 388 g/mol. The Labute approximate surface area is 143 Å². The van der Waals surface area contributed by atoms with Crippen LogP contribution in [-0.2, 0) is 9.84 Å². The molecule has 0 aliphatic carbocycles. The van der Waals surface area contributed by atoms with Crippen LogP contribution in [0.15, 0.2) is 32.6 Å². The molecule has 0 atom stereocenters. The molecular formula is C14H10F2N2O3S3. The second-order valence-corrected chi connectivity index (χ2v) is 8.85. The van der Waals surface area contributed by atoms with Crippen molar-refractivity contribution < 1.29 is 17.2 Å². The van der Waals surface area contributed by atoms with Crippen molar-refractivity contribution in [1.29, 1.82) is 0 Å². The van der Waals surface area contributed by atoms with E-state index in [-0.39, 0.29) is 11.3 Å². The van der Waals surface area contributed by atoms with E-state index >= 15 is 0 Å². The molecule has 1 aromatic carbocycles. The smallest absolute Gasteiger partial charge is 0.256 e. The van der Waals surface area contributed by atoms with Crippen molar-refractivity contribution in [3.8, 4) is 17.1 Å². The van der Waals surface area contributed by atoms with E-state index in [2.05, 4.69) is 4.98 Å². The topological polar surface area (TPSA) is 69.0 Å². The predicted octanol–water partition coefficient (Wildman–Crippen LogP) is 3.01. The van der Waals surface area contributed by atoms with Crippen molar-refractivity contribution >= 4 is 32.5 Å². The maximum atomic E-state index is 14.4. The summed E-state index contributed by atoms with van der Waals surface area (Å²) in [6.45, 7) is 1.76. The number of hydrogen-bond donors (Lipinski definition) is 0. The second-order valence-electron chi connectivity index (χ2n) is 4.98. The first-order valence-electron chi connectivity index (χ1n) is 6.51. The van der Waals surface area contributed by atoms with Crippen molar-refractivity contribution in [2.75, 3.05) is 6.26 Å². The van der Waals surface area contributed by atoms with Gasteiger partial charge in [-0.15, -0.1) is 11.3 Å². The first-order valence-corrected chi connectivity index (χ1v) is 10.2. The molecule has 0 aliphatic rings. The highest BCUT2D eigenvalue weighted by Crippen LogP contribution is 2.29. The van der Waals surface area contributed by atoms with Gasteiger partial charge in [0.05, 0.1) is 10.7 Å². The number of thiazole rings is 2. The van der Waals surface area contributed by atoms with E-state index in [9.17, 15) is 22.0 Å². The van der Waals surface area contributed by atoms with E-state index in [1.165, 1.54) is 21.3 Å². The highest BCUT2D eigenvalue weighted by Gasteiger charge is 2.22. The number of aryl methyl sites for hydroxylation is 1. The summed E-state index contributed by atoms with van der Waals surface area (Å²) >= 11 is 2.13. The molecule has 0 fully saturated rings. The molecule has 2 aromatic heterocycles. The summed E-state index contributed by atoms with van der Waals surface area (Å²) < 4.78 is 52.6. The van der Waals surface area contributed by atoms with Crippen LogP contribution in [0.1, 0.15) is 5.01 Å². The van der Waals surface area contributed by atoms with Gasteiger partial charge in [0.2, 0.25) is 0 Å².